The average Bonchev–Trinajstić information content (AvgIpc) is 2.58. The molecule has 0 fully saturated rings. The maximum Gasteiger partial charge on any atom is 0.411 e. The summed E-state index contributed by atoms with van der Waals surface area (Å²) in [5.41, 5.74) is 2.03. The molecule has 2 atom stereocenters. The minimum Gasteiger partial charge on any atom is -0.364 e. The summed E-state index contributed by atoms with van der Waals surface area (Å²) in [6, 6.07) is 0. The number of hydrogen-bond donors (Lipinski definition) is 1. The molecule has 1 aliphatic rings. The summed E-state index contributed by atoms with van der Waals surface area (Å²) in [4.78, 5) is 7.37. The van der Waals surface area contributed by atoms with Crippen molar-refractivity contribution in [2.75, 3.05) is 6.61 Å². The molecule has 1 aromatic heterocycles. The highest BCUT2D eigenvalue weighted by Crippen LogP contribution is 2.28. The first-order valence-corrected chi connectivity index (χ1v) is 6.06. The molecule has 0 saturated carbocycles. The van der Waals surface area contributed by atoms with E-state index in [4.69, 9.17) is 0 Å². The molecule has 2 rings (SSSR count). The van der Waals surface area contributed by atoms with Crippen LogP contribution in [0.15, 0.2) is 0 Å². The van der Waals surface area contributed by atoms with Gasteiger partial charge in [-0.2, -0.15) is 13.2 Å². The molecule has 0 bridgehead atoms. The van der Waals surface area contributed by atoms with Gasteiger partial charge < -0.3 is 9.72 Å². The number of ether oxygens (including phenoxy) is 1. The molecule has 0 radical (unpaired) electrons. The largest absolute Gasteiger partial charge is 0.411 e. The Morgan fingerprint density at radius 3 is 2.61 bits per heavy atom. The molecule has 1 aromatic rings. The topological polar surface area (TPSA) is 37.9 Å². The Labute approximate surface area is 104 Å². The van der Waals surface area contributed by atoms with Crippen LogP contribution in [-0.2, 0) is 24.2 Å². The lowest BCUT2D eigenvalue weighted by molar-refractivity contribution is -0.177. The Morgan fingerprint density at radius 1 is 1.28 bits per heavy atom. The first kappa shape index (κ1) is 13.4. The maximum atomic E-state index is 11.9. The van der Waals surface area contributed by atoms with E-state index in [1.807, 2.05) is 0 Å². The van der Waals surface area contributed by atoms with Gasteiger partial charge in [-0.15, -0.1) is 0 Å². The van der Waals surface area contributed by atoms with Crippen LogP contribution in [-0.4, -0.2) is 22.8 Å². The summed E-state index contributed by atoms with van der Waals surface area (Å²) in [5.74, 6) is 1.62. The van der Waals surface area contributed by atoms with E-state index in [1.54, 1.807) is 0 Å². The van der Waals surface area contributed by atoms with Crippen LogP contribution in [0.1, 0.15) is 31.1 Å². The number of rotatable bonds is 3. The van der Waals surface area contributed by atoms with Crippen molar-refractivity contribution in [1.29, 1.82) is 0 Å². The van der Waals surface area contributed by atoms with Crippen LogP contribution in [0.4, 0.5) is 13.2 Å². The minimum atomic E-state index is -4.28. The van der Waals surface area contributed by atoms with Gasteiger partial charge in [-0.1, -0.05) is 13.8 Å². The fraction of sp³-hybridized carbons (Fsp3) is 0.750. The van der Waals surface area contributed by atoms with E-state index in [-0.39, 0.29) is 6.61 Å². The predicted octanol–water partition coefficient (Wildman–Crippen LogP) is 2.86. The Bertz CT molecular complexity index is 386. The molecule has 0 spiro atoms. The Kier molecular flexibility index (Phi) is 3.66. The number of alkyl halides is 3. The van der Waals surface area contributed by atoms with Crippen LogP contribution in [0.5, 0.6) is 0 Å². The summed E-state index contributed by atoms with van der Waals surface area (Å²) in [6.07, 6.45) is -2.50. The van der Waals surface area contributed by atoms with Crippen LogP contribution in [0.2, 0.25) is 0 Å². The summed E-state index contributed by atoms with van der Waals surface area (Å²) < 4.78 is 40.4. The van der Waals surface area contributed by atoms with Crippen molar-refractivity contribution in [2.24, 2.45) is 11.8 Å². The van der Waals surface area contributed by atoms with Crippen LogP contribution >= 0.6 is 0 Å². The van der Waals surface area contributed by atoms with E-state index >= 15 is 0 Å². The third kappa shape index (κ3) is 3.25. The number of halogens is 3. The molecule has 6 heteroatoms. The first-order valence-electron chi connectivity index (χ1n) is 6.06. The Balaban J connectivity index is 1.94. The zero-order valence-electron chi connectivity index (χ0n) is 10.5. The van der Waals surface area contributed by atoms with Gasteiger partial charge in [0.15, 0.2) is 0 Å². The fourth-order valence-electron chi connectivity index (χ4n) is 2.20. The lowest BCUT2D eigenvalue weighted by Gasteiger charge is -2.24. The fourth-order valence-corrected chi connectivity index (χ4v) is 2.20. The second-order valence-corrected chi connectivity index (χ2v) is 5.08. The number of nitrogens with one attached hydrogen (secondary N) is 1. The summed E-state index contributed by atoms with van der Waals surface area (Å²) in [7, 11) is 0. The number of hydrogen-bond acceptors (Lipinski definition) is 2. The molecule has 18 heavy (non-hydrogen) atoms. The smallest absolute Gasteiger partial charge is 0.364 e. The normalized spacial score (nSPS) is 24.1. The van der Waals surface area contributed by atoms with Crippen molar-refractivity contribution in [2.45, 2.75) is 39.5 Å². The molecule has 102 valence electrons. The molecule has 3 nitrogen and oxygen atoms in total. The van der Waals surface area contributed by atoms with E-state index < -0.39 is 12.8 Å². The van der Waals surface area contributed by atoms with Crippen molar-refractivity contribution in [3.8, 4) is 0 Å². The van der Waals surface area contributed by atoms with Gasteiger partial charge in [-0.05, 0) is 24.7 Å². The van der Waals surface area contributed by atoms with Crippen molar-refractivity contribution in [3.05, 3.63) is 17.2 Å². The highest BCUT2D eigenvalue weighted by molar-refractivity contribution is 5.19. The van der Waals surface area contributed by atoms with E-state index in [0.717, 1.165) is 24.2 Å². The van der Waals surface area contributed by atoms with E-state index in [9.17, 15) is 13.2 Å². The number of fused-ring (bicyclic) bond motifs is 1. The van der Waals surface area contributed by atoms with Crippen LogP contribution in [0, 0.1) is 11.8 Å². The SMILES string of the molecule is CC1Cc2nc(COCC(F)(F)F)[nH]c2CC1C. The maximum absolute atomic E-state index is 11.9. The molecule has 1 heterocycles. The minimum absolute atomic E-state index is 0.116. The molecule has 2 unspecified atom stereocenters. The number of aromatic amines is 1. The van der Waals surface area contributed by atoms with Gasteiger partial charge in [0.1, 0.15) is 19.0 Å². The zero-order chi connectivity index (χ0) is 13.3. The monoisotopic (exact) mass is 262 g/mol. The quantitative estimate of drug-likeness (QED) is 0.909. The second kappa shape index (κ2) is 4.91. The van der Waals surface area contributed by atoms with Crippen molar-refractivity contribution in [3.63, 3.8) is 0 Å². The molecule has 0 saturated heterocycles. The van der Waals surface area contributed by atoms with Crippen molar-refractivity contribution < 1.29 is 17.9 Å². The molecule has 1 aliphatic carbocycles. The molecule has 0 aromatic carbocycles. The van der Waals surface area contributed by atoms with Crippen LogP contribution in [0.3, 0.4) is 0 Å². The second-order valence-electron chi connectivity index (χ2n) is 5.08. The van der Waals surface area contributed by atoms with Gasteiger partial charge >= 0.3 is 6.18 Å². The highest BCUT2D eigenvalue weighted by atomic mass is 19.4. The molecular weight excluding hydrogens is 245 g/mol. The van der Waals surface area contributed by atoms with Crippen molar-refractivity contribution >= 4 is 0 Å². The van der Waals surface area contributed by atoms with E-state index in [1.165, 1.54) is 0 Å². The lowest BCUT2D eigenvalue weighted by atomic mass is 9.82. The van der Waals surface area contributed by atoms with Gasteiger partial charge in [-0.3, -0.25) is 0 Å². The van der Waals surface area contributed by atoms with Gasteiger partial charge in [0.2, 0.25) is 0 Å². The third-order valence-corrected chi connectivity index (χ3v) is 3.43. The van der Waals surface area contributed by atoms with Crippen LogP contribution in [0.25, 0.3) is 0 Å². The number of H-pyrrole nitrogens is 1. The molecule has 1 N–H and O–H groups in total. The third-order valence-electron chi connectivity index (χ3n) is 3.43. The van der Waals surface area contributed by atoms with E-state index in [2.05, 4.69) is 28.6 Å². The molecule has 0 aliphatic heterocycles. The molecular formula is C12H17F3N2O. The van der Waals surface area contributed by atoms with Crippen molar-refractivity contribution in [1.82, 2.24) is 9.97 Å². The van der Waals surface area contributed by atoms with Gasteiger partial charge in [-0.25, -0.2) is 4.98 Å². The molecule has 0 amide bonds. The predicted molar refractivity (Wildman–Crippen MR) is 60.0 cm³/mol. The summed E-state index contributed by atoms with van der Waals surface area (Å²) in [5, 5.41) is 0. The zero-order valence-corrected chi connectivity index (χ0v) is 10.5. The number of nitrogens with zero attached hydrogens (tertiary/aromatic N) is 1. The Hall–Kier alpha value is -1.04. The average molecular weight is 262 g/mol. The van der Waals surface area contributed by atoms with Gasteiger partial charge in [0.25, 0.3) is 0 Å². The van der Waals surface area contributed by atoms with E-state index in [0.29, 0.717) is 17.7 Å². The summed E-state index contributed by atoms with van der Waals surface area (Å²) >= 11 is 0. The summed E-state index contributed by atoms with van der Waals surface area (Å²) in [6.45, 7) is 3.00. The highest BCUT2D eigenvalue weighted by Gasteiger charge is 2.28. The van der Waals surface area contributed by atoms with Crippen LogP contribution < -0.4 is 0 Å². The number of imidazole rings is 1. The Morgan fingerprint density at radius 2 is 1.94 bits per heavy atom. The standard InChI is InChI=1S/C12H17F3N2O/c1-7-3-9-10(4-8(7)2)17-11(16-9)5-18-6-12(13,14)15/h7-8H,3-6H2,1-2H3,(H,16,17). The number of aromatic nitrogens is 2. The lowest BCUT2D eigenvalue weighted by Crippen LogP contribution is -2.20. The first-order chi connectivity index (χ1) is 8.35. The van der Waals surface area contributed by atoms with Gasteiger partial charge in [0, 0.05) is 5.69 Å². The van der Waals surface area contributed by atoms with Gasteiger partial charge in [0.05, 0.1) is 5.69 Å².